The topological polar surface area (TPSA) is 68.0 Å². The molecule has 1 aliphatic rings. The van der Waals surface area contributed by atoms with Gasteiger partial charge in [0.25, 0.3) is 5.78 Å². The Morgan fingerprint density at radius 1 is 1.18 bits per heavy atom. The molecule has 8 heteroatoms. The van der Waals surface area contributed by atoms with E-state index in [1.54, 1.807) is 28.0 Å². The first-order chi connectivity index (χ1) is 13.6. The van der Waals surface area contributed by atoms with Gasteiger partial charge < -0.3 is 5.32 Å². The third-order valence-electron chi connectivity index (χ3n) is 5.26. The quantitative estimate of drug-likeness (QED) is 0.554. The third-order valence-corrected chi connectivity index (χ3v) is 6.44. The van der Waals surface area contributed by atoms with Crippen molar-refractivity contribution in [2.45, 2.75) is 39.2 Å². The van der Waals surface area contributed by atoms with Crippen molar-refractivity contribution in [1.29, 1.82) is 0 Å². The summed E-state index contributed by atoms with van der Waals surface area (Å²) in [7, 11) is 0. The lowest BCUT2D eigenvalue weighted by atomic mass is 9.97. The number of aromatic nitrogens is 5. The summed E-state index contributed by atoms with van der Waals surface area (Å²) in [6, 6.07) is 6.64. The summed E-state index contributed by atoms with van der Waals surface area (Å²) in [5.74, 6) is 1.27. The Morgan fingerprint density at radius 3 is 2.82 bits per heavy atom. The summed E-state index contributed by atoms with van der Waals surface area (Å²) < 4.78 is 15.0. The second-order valence-electron chi connectivity index (χ2n) is 7.07. The average molecular weight is 394 g/mol. The molecule has 0 aliphatic heterocycles. The molecule has 1 aromatic carbocycles. The van der Waals surface area contributed by atoms with Crippen molar-refractivity contribution in [3.8, 4) is 10.6 Å². The molecule has 1 unspecified atom stereocenters. The van der Waals surface area contributed by atoms with Crippen molar-refractivity contribution < 1.29 is 4.39 Å². The first kappa shape index (κ1) is 17.2. The summed E-state index contributed by atoms with van der Waals surface area (Å²) in [5, 5.41) is 8.92. The number of rotatable bonds is 3. The number of hydrogen-bond acceptors (Lipinski definition) is 6. The summed E-state index contributed by atoms with van der Waals surface area (Å²) in [6.07, 6.45) is 4.64. The van der Waals surface area contributed by atoms with Crippen molar-refractivity contribution >= 4 is 22.9 Å². The maximum absolute atomic E-state index is 13.3. The largest absolute Gasteiger partial charge is 0.361 e. The summed E-state index contributed by atoms with van der Waals surface area (Å²) >= 11 is 1.70. The van der Waals surface area contributed by atoms with E-state index >= 15 is 0 Å². The van der Waals surface area contributed by atoms with Gasteiger partial charge in [-0.3, -0.25) is 0 Å². The molecule has 4 aromatic rings. The van der Waals surface area contributed by atoms with Crippen molar-refractivity contribution in [2.24, 2.45) is 0 Å². The minimum absolute atomic E-state index is 0.0992. The number of nitrogens with zero attached hydrogens (tertiary/aromatic N) is 5. The lowest BCUT2D eigenvalue weighted by molar-refractivity contribution is 0.589. The highest BCUT2D eigenvalue weighted by Crippen LogP contribution is 2.39. The Kier molecular flexibility index (Phi) is 4.08. The van der Waals surface area contributed by atoms with E-state index in [9.17, 15) is 4.39 Å². The van der Waals surface area contributed by atoms with E-state index < -0.39 is 0 Å². The molecule has 0 radical (unpaired) electrons. The van der Waals surface area contributed by atoms with Gasteiger partial charge in [-0.15, -0.1) is 11.3 Å². The molecule has 6 nitrogen and oxygen atoms in total. The zero-order valence-corrected chi connectivity index (χ0v) is 16.4. The predicted octanol–water partition coefficient (Wildman–Crippen LogP) is 4.49. The first-order valence-electron chi connectivity index (χ1n) is 9.29. The molecule has 3 aromatic heterocycles. The summed E-state index contributed by atoms with van der Waals surface area (Å²) in [4.78, 5) is 14.9. The van der Waals surface area contributed by atoms with E-state index in [1.165, 1.54) is 23.3 Å². The molecular weight excluding hydrogens is 375 g/mol. The predicted molar refractivity (Wildman–Crippen MR) is 107 cm³/mol. The standard InChI is InChI=1S/C20H19FN6S/c1-11-12(2)24-20-22-10-23-27(20)18(11)25-15-4-3-5-16-17(15)26-19(28-16)13-6-8-14(21)9-7-13/h6-10,15,25H,3-5H2,1-2H3. The van der Waals surface area contributed by atoms with Crippen LogP contribution in [0.4, 0.5) is 10.2 Å². The van der Waals surface area contributed by atoms with Crippen LogP contribution in [-0.2, 0) is 6.42 Å². The van der Waals surface area contributed by atoms with E-state index in [4.69, 9.17) is 4.98 Å². The van der Waals surface area contributed by atoms with Gasteiger partial charge in [0.15, 0.2) is 0 Å². The molecular formula is C20H19FN6S. The van der Waals surface area contributed by atoms with Crippen LogP contribution in [0.2, 0.25) is 0 Å². The molecule has 0 bridgehead atoms. The molecule has 28 heavy (non-hydrogen) atoms. The molecule has 0 amide bonds. The van der Waals surface area contributed by atoms with Crippen LogP contribution in [0.15, 0.2) is 30.6 Å². The number of thiazole rings is 1. The maximum atomic E-state index is 13.3. The average Bonchev–Trinajstić information content (AvgIpc) is 3.33. The lowest BCUT2D eigenvalue weighted by Crippen LogP contribution is -2.20. The number of fused-ring (bicyclic) bond motifs is 2. The highest BCUT2D eigenvalue weighted by molar-refractivity contribution is 7.15. The Balaban J connectivity index is 1.53. The summed E-state index contributed by atoms with van der Waals surface area (Å²) in [6.45, 7) is 4.03. The molecule has 0 saturated heterocycles. The molecule has 142 valence electrons. The van der Waals surface area contributed by atoms with Crippen LogP contribution in [0.1, 0.15) is 40.7 Å². The minimum Gasteiger partial charge on any atom is -0.361 e. The second kappa shape index (κ2) is 6.63. The van der Waals surface area contributed by atoms with Crippen molar-refractivity contribution in [3.63, 3.8) is 0 Å². The van der Waals surface area contributed by atoms with Crippen molar-refractivity contribution in [1.82, 2.24) is 24.6 Å². The van der Waals surface area contributed by atoms with Crippen LogP contribution in [-0.4, -0.2) is 24.6 Å². The van der Waals surface area contributed by atoms with Crippen LogP contribution in [0.3, 0.4) is 0 Å². The zero-order valence-electron chi connectivity index (χ0n) is 15.6. The van der Waals surface area contributed by atoms with Crippen LogP contribution in [0.5, 0.6) is 0 Å². The van der Waals surface area contributed by atoms with E-state index in [-0.39, 0.29) is 11.9 Å². The van der Waals surface area contributed by atoms with Gasteiger partial charge in [-0.1, -0.05) is 0 Å². The number of halogens is 1. The molecule has 5 rings (SSSR count). The van der Waals surface area contributed by atoms with Crippen LogP contribution in [0.25, 0.3) is 16.3 Å². The SMILES string of the molecule is Cc1nc2ncnn2c(NC2CCCc3sc(-c4ccc(F)cc4)nc32)c1C. The molecule has 1 N–H and O–H groups in total. The van der Waals surface area contributed by atoms with Gasteiger partial charge >= 0.3 is 0 Å². The van der Waals surface area contributed by atoms with E-state index in [2.05, 4.69) is 20.4 Å². The van der Waals surface area contributed by atoms with Crippen molar-refractivity contribution in [3.05, 3.63) is 58.2 Å². The van der Waals surface area contributed by atoms with E-state index in [0.29, 0.717) is 5.78 Å². The van der Waals surface area contributed by atoms with Gasteiger partial charge in [-0.2, -0.15) is 14.6 Å². The molecule has 1 aliphatic carbocycles. The fourth-order valence-electron chi connectivity index (χ4n) is 3.64. The van der Waals surface area contributed by atoms with Crippen LogP contribution in [0, 0.1) is 19.7 Å². The minimum atomic E-state index is -0.231. The highest BCUT2D eigenvalue weighted by atomic mass is 32.1. The molecule has 0 fully saturated rings. The molecule has 1 atom stereocenters. The number of nitrogens with one attached hydrogen (secondary N) is 1. The summed E-state index contributed by atoms with van der Waals surface area (Å²) in [5.41, 5.74) is 4.02. The fraction of sp³-hybridized carbons (Fsp3) is 0.300. The fourth-order valence-corrected chi connectivity index (χ4v) is 4.81. The second-order valence-corrected chi connectivity index (χ2v) is 8.15. The number of hydrogen-bond donors (Lipinski definition) is 1. The molecule has 0 saturated carbocycles. The first-order valence-corrected chi connectivity index (χ1v) is 10.1. The highest BCUT2D eigenvalue weighted by Gasteiger charge is 2.26. The van der Waals surface area contributed by atoms with Gasteiger partial charge in [0.1, 0.15) is 23.0 Å². The maximum Gasteiger partial charge on any atom is 0.254 e. The Hall–Kier alpha value is -2.87. The Morgan fingerprint density at radius 2 is 2.00 bits per heavy atom. The number of aryl methyl sites for hydroxylation is 2. The van der Waals surface area contributed by atoms with Gasteiger partial charge in [0.05, 0.1) is 11.7 Å². The monoisotopic (exact) mass is 394 g/mol. The zero-order chi connectivity index (χ0) is 19.3. The number of benzene rings is 1. The third kappa shape index (κ3) is 2.84. The van der Waals surface area contributed by atoms with Gasteiger partial charge in [-0.25, -0.2) is 14.4 Å². The smallest absolute Gasteiger partial charge is 0.254 e. The molecule has 0 spiro atoms. The van der Waals surface area contributed by atoms with E-state index in [0.717, 1.165) is 52.6 Å². The van der Waals surface area contributed by atoms with Gasteiger partial charge in [-0.05, 0) is 57.4 Å². The number of anilines is 1. The van der Waals surface area contributed by atoms with Crippen LogP contribution >= 0.6 is 11.3 Å². The van der Waals surface area contributed by atoms with E-state index in [1.807, 2.05) is 13.8 Å². The van der Waals surface area contributed by atoms with Gasteiger partial charge in [0.2, 0.25) is 0 Å². The Bertz CT molecular complexity index is 1160. The van der Waals surface area contributed by atoms with Crippen LogP contribution < -0.4 is 5.32 Å². The lowest BCUT2D eigenvalue weighted by Gasteiger charge is -2.24. The van der Waals surface area contributed by atoms with Crippen molar-refractivity contribution in [2.75, 3.05) is 5.32 Å². The Labute approximate surface area is 165 Å². The molecule has 3 heterocycles. The van der Waals surface area contributed by atoms with Gasteiger partial charge in [0, 0.05) is 21.7 Å². The normalized spacial score (nSPS) is 16.3.